The van der Waals surface area contributed by atoms with Gasteiger partial charge in [-0.05, 0) is 25.0 Å². The summed E-state index contributed by atoms with van der Waals surface area (Å²) in [5, 5.41) is 0.644. The SMILES string of the molecule is CCC(=O)N1CCc2[nH]cnc2C12CCN(c1ccc(Cl)cn1)CC2. The normalized spacial score (nSPS) is 19.1. The molecule has 2 aliphatic heterocycles. The number of aromatic amines is 1. The molecule has 0 bridgehead atoms. The maximum atomic E-state index is 12.6. The number of carbonyl (C=O) groups is 1. The van der Waals surface area contributed by atoms with E-state index in [-0.39, 0.29) is 11.4 Å². The molecule has 132 valence electrons. The molecule has 1 saturated heterocycles. The van der Waals surface area contributed by atoms with E-state index in [9.17, 15) is 4.79 Å². The van der Waals surface area contributed by atoms with Crippen molar-refractivity contribution in [3.8, 4) is 0 Å². The molecule has 0 aliphatic carbocycles. The highest BCUT2D eigenvalue weighted by molar-refractivity contribution is 6.30. The Balaban J connectivity index is 1.62. The number of halogens is 1. The molecule has 0 unspecified atom stereocenters. The van der Waals surface area contributed by atoms with Gasteiger partial charge in [0, 0.05) is 44.4 Å². The van der Waals surface area contributed by atoms with E-state index in [1.54, 1.807) is 12.5 Å². The number of piperidine rings is 1. The lowest BCUT2D eigenvalue weighted by Gasteiger charge is -2.50. The Kier molecular flexibility index (Phi) is 4.15. The third kappa shape index (κ3) is 2.68. The highest BCUT2D eigenvalue weighted by Crippen LogP contribution is 2.43. The number of nitrogens with one attached hydrogen (secondary N) is 1. The van der Waals surface area contributed by atoms with Crippen LogP contribution in [0.1, 0.15) is 37.6 Å². The number of hydrogen-bond donors (Lipinski definition) is 1. The minimum Gasteiger partial charge on any atom is -0.356 e. The smallest absolute Gasteiger partial charge is 0.223 e. The van der Waals surface area contributed by atoms with Crippen LogP contribution in [0.2, 0.25) is 5.02 Å². The molecular weight excluding hydrogens is 338 g/mol. The fraction of sp³-hybridized carbons (Fsp3) is 0.500. The summed E-state index contributed by atoms with van der Waals surface area (Å²) >= 11 is 5.94. The van der Waals surface area contributed by atoms with Crippen LogP contribution in [0.3, 0.4) is 0 Å². The zero-order chi connectivity index (χ0) is 17.4. The highest BCUT2D eigenvalue weighted by Gasteiger charge is 2.48. The molecule has 1 spiro atoms. The highest BCUT2D eigenvalue weighted by atomic mass is 35.5. The predicted molar refractivity (Wildman–Crippen MR) is 96.7 cm³/mol. The van der Waals surface area contributed by atoms with Gasteiger partial charge in [-0.15, -0.1) is 0 Å². The van der Waals surface area contributed by atoms with Gasteiger partial charge in [-0.3, -0.25) is 4.79 Å². The summed E-state index contributed by atoms with van der Waals surface area (Å²) in [6, 6.07) is 3.82. The molecule has 7 heteroatoms. The molecule has 0 atom stereocenters. The molecule has 0 radical (unpaired) electrons. The Hall–Kier alpha value is -2.08. The number of rotatable bonds is 2. The first kappa shape index (κ1) is 16.4. The number of fused-ring (bicyclic) bond motifs is 2. The lowest BCUT2D eigenvalue weighted by Crippen LogP contribution is -2.58. The summed E-state index contributed by atoms with van der Waals surface area (Å²) in [7, 11) is 0. The van der Waals surface area contributed by atoms with Gasteiger partial charge in [0.2, 0.25) is 5.91 Å². The van der Waals surface area contributed by atoms with E-state index < -0.39 is 0 Å². The van der Waals surface area contributed by atoms with Crippen LogP contribution in [0.25, 0.3) is 0 Å². The van der Waals surface area contributed by atoms with E-state index in [1.165, 1.54) is 5.69 Å². The maximum Gasteiger partial charge on any atom is 0.223 e. The summed E-state index contributed by atoms with van der Waals surface area (Å²) in [4.78, 5) is 29.2. The second-order valence-electron chi connectivity index (χ2n) is 6.73. The summed E-state index contributed by atoms with van der Waals surface area (Å²) in [5.41, 5.74) is 1.95. The van der Waals surface area contributed by atoms with Gasteiger partial charge in [-0.25, -0.2) is 9.97 Å². The van der Waals surface area contributed by atoms with Gasteiger partial charge in [0.15, 0.2) is 0 Å². The molecule has 4 rings (SSSR count). The van der Waals surface area contributed by atoms with Crippen LogP contribution in [0.15, 0.2) is 24.7 Å². The Morgan fingerprint density at radius 3 is 2.76 bits per heavy atom. The second kappa shape index (κ2) is 6.33. The number of hydrogen-bond acceptors (Lipinski definition) is 4. The van der Waals surface area contributed by atoms with Crippen LogP contribution in [0, 0.1) is 0 Å². The molecule has 25 heavy (non-hydrogen) atoms. The topological polar surface area (TPSA) is 65.1 Å². The second-order valence-corrected chi connectivity index (χ2v) is 7.17. The number of H-pyrrole nitrogens is 1. The molecule has 1 amide bonds. The largest absolute Gasteiger partial charge is 0.356 e. The van der Waals surface area contributed by atoms with Crippen molar-refractivity contribution in [3.63, 3.8) is 0 Å². The molecule has 0 aromatic carbocycles. The van der Waals surface area contributed by atoms with Crippen molar-refractivity contribution in [1.82, 2.24) is 19.9 Å². The van der Waals surface area contributed by atoms with Gasteiger partial charge >= 0.3 is 0 Å². The fourth-order valence-electron chi connectivity index (χ4n) is 4.20. The van der Waals surface area contributed by atoms with Crippen molar-refractivity contribution >= 4 is 23.3 Å². The van der Waals surface area contributed by atoms with E-state index in [0.717, 1.165) is 50.4 Å². The predicted octanol–water partition coefficient (Wildman–Crippen LogP) is 2.75. The average molecular weight is 360 g/mol. The quantitative estimate of drug-likeness (QED) is 0.895. The first-order chi connectivity index (χ1) is 12.1. The minimum atomic E-state index is -0.288. The van der Waals surface area contributed by atoms with Crippen molar-refractivity contribution in [2.45, 2.75) is 38.1 Å². The number of aromatic nitrogens is 3. The molecular formula is C18H22ClN5O. The fourth-order valence-corrected chi connectivity index (χ4v) is 4.31. The number of amides is 1. The number of carbonyl (C=O) groups excluding carboxylic acids is 1. The summed E-state index contributed by atoms with van der Waals surface area (Å²) < 4.78 is 0. The van der Waals surface area contributed by atoms with Crippen LogP contribution >= 0.6 is 11.6 Å². The minimum absolute atomic E-state index is 0.215. The van der Waals surface area contributed by atoms with Gasteiger partial charge in [-0.2, -0.15) is 0 Å². The summed E-state index contributed by atoms with van der Waals surface area (Å²) in [5.74, 6) is 1.15. The van der Waals surface area contributed by atoms with Crippen molar-refractivity contribution in [2.24, 2.45) is 0 Å². The number of nitrogens with zero attached hydrogens (tertiary/aromatic N) is 4. The van der Waals surface area contributed by atoms with Crippen molar-refractivity contribution in [2.75, 3.05) is 24.5 Å². The van der Waals surface area contributed by atoms with Crippen LogP contribution in [-0.4, -0.2) is 45.4 Å². The molecule has 0 saturated carbocycles. The Bertz CT molecular complexity index is 764. The Morgan fingerprint density at radius 1 is 1.28 bits per heavy atom. The van der Waals surface area contributed by atoms with Gasteiger partial charge in [0.05, 0.1) is 22.6 Å². The van der Waals surface area contributed by atoms with Gasteiger partial charge in [0.1, 0.15) is 5.82 Å². The van der Waals surface area contributed by atoms with E-state index >= 15 is 0 Å². The van der Waals surface area contributed by atoms with Crippen LogP contribution < -0.4 is 4.90 Å². The zero-order valence-electron chi connectivity index (χ0n) is 14.3. The molecule has 6 nitrogen and oxygen atoms in total. The third-order valence-corrected chi connectivity index (χ3v) is 5.71. The molecule has 1 N–H and O–H groups in total. The molecule has 1 fully saturated rings. The summed E-state index contributed by atoms with van der Waals surface area (Å²) in [6.45, 7) is 4.38. The summed E-state index contributed by atoms with van der Waals surface area (Å²) in [6.07, 6.45) is 6.55. The van der Waals surface area contributed by atoms with Gasteiger partial charge in [0.25, 0.3) is 0 Å². The maximum absolute atomic E-state index is 12.6. The number of pyridine rings is 1. The van der Waals surface area contributed by atoms with E-state index in [1.807, 2.05) is 19.1 Å². The zero-order valence-corrected chi connectivity index (χ0v) is 15.1. The molecule has 2 aromatic rings. The van der Waals surface area contributed by atoms with Crippen molar-refractivity contribution < 1.29 is 4.79 Å². The average Bonchev–Trinajstić information content (AvgIpc) is 3.13. The molecule has 2 aliphatic rings. The van der Waals surface area contributed by atoms with Crippen LogP contribution in [-0.2, 0) is 16.8 Å². The first-order valence-electron chi connectivity index (χ1n) is 8.84. The van der Waals surface area contributed by atoms with Crippen LogP contribution in [0.5, 0.6) is 0 Å². The van der Waals surface area contributed by atoms with Gasteiger partial charge in [-0.1, -0.05) is 18.5 Å². The first-order valence-corrected chi connectivity index (χ1v) is 9.21. The third-order valence-electron chi connectivity index (χ3n) is 5.49. The van der Waals surface area contributed by atoms with Gasteiger partial charge < -0.3 is 14.8 Å². The number of anilines is 1. The Labute approximate surface area is 152 Å². The molecule has 4 heterocycles. The lowest BCUT2D eigenvalue weighted by molar-refractivity contribution is -0.140. The lowest BCUT2D eigenvalue weighted by atomic mass is 9.78. The van der Waals surface area contributed by atoms with E-state index in [0.29, 0.717) is 11.4 Å². The monoisotopic (exact) mass is 359 g/mol. The van der Waals surface area contributed by atoms with Crippen molar-refractivity contribution in [3.05, 3.63) is 41.1 Å². The van der Waals surface area contributed by atoms with E-state index in [2.05, 4.69) is 24.8 Å². The standard InChI is InChI=1S/C18H22ClN5O/c1-2-16(25)24-8-5-14-17(22-12-21-14)18(24)6-9-23(10-7-18)15-4-3-13(19)11-20-15/h3-4,11-12H,2,5-10H2,1H3,(H,21,22). The van der Waals surface area contributed by atoms with Crippen LogP contribution in [0.4, 0.5) is 5.82 Å². The van der Waals surface area contributed by atoms with E-state index in [4.69, 9.17) is 11.6 Å². The van der Waals surface area contributed by atoms with Crippen molar-refractivity contribution in [1.29, 1.82) is 0 Å². The number of imidazole rings is 1. The molecule has 2 aromatic heterocycles. The Morgan fingerprint density at radius 2 is 2.08 bits per heavy atom.